The van der Waals surface area contributed by atoms with Crippen LogP contribution in [0, 0.1) is 17.2 Å². The van der Waals surface area contributed by atoms with Crippen LogP contribution in [-0.2, 0) is 11.0 Å². The molecule has 3 aromatic carbocycles. The number of alkyl halides is 5. The zero-order chi connectivity index (χ0) is 28.0. The fourth-order valence-corrected chi connectivity index (χ4v) is 5.51. The van der Waals surface area contributed by atoms with Gasteiger partial charge in [-0.3, -0.25) is 9.59 Å². The summed E-state index contributed by atoms with van der Waals surface area (Å²) >= 11 is 31.0. The molecular formula is C25H13Cl5F3N3O2. The van der Waals surface area contributed by atoms with Crippen molar-refractivity contribution >= 4 is 81.2 Å². The first-order valence-corrected chi connectivity index (χ1v) is 12.5. The summed E-state index contributed by atoms with van der Waals surface area (Å²) < 4.78 is 37.4. The van der Waals surface area contributed by atoms with Gasteiger partial charge in [0.2, 0.25) is 5.91 Å². The van der Waals surface area contributed by atoms with Crippen LogP contribution in [0.4, 0.5) is 24.5 Å². The average Bonchev–Trinajstić information content (AvgIpc) is 3.41. The van der Waals surface area contributed by atoms with Crippen LogP contribution in [0.2, 0.25) is 15.1 Å². The number of rotatable bonds is 5. The molecule has 2 amide bonds. The lowest BCUT2D eigenvalue weighted by molar-refractivity contribution is -0.137. The maximum Gasteiger partial charge on any atom is 0.416 e. The molecule has 3 aromatic rings. The highest BCUT2D eigenvalue weighted by Gasteiger charge is 2.67. The number of nitrogens with zero attached hydrogens (tertiary/aromatic N) is 1. The van der Waals surface area contributed by atoms with Crippen molar-refractivity contribution in [1.82, 2.24) is 0 Å². The lowest BCUT2D eigenvalue weighted by atomic mass is 10.1. The van der Waals surface area contributed by atoms with Crippen LogP contribution in [0.1, 0.15) is 33.0 Å². The molecule has 1 fully saturated rings. The standard InChI is InChI=1S/C25H13Cl5F3N3O2/c26-14-6-11(7-15(27)8-14)20-21(24(20,29)30)23(38)35-16-2-3-18(28)17(9-16)22(37)36-19-4-1-13(25(31,32)33)5-12(19)10-34/h1-9,20-21H,(H,35,38)(H,36,37)/t20-,21+/m1/s1. The Morgan fingerprint density at radius 1 is 0.921 bits per heavy atom. The van der Waals surface area contributed by atoms with Crippen LogP contribution in [-0.4, -0.2) is 16.1 Å². The van der Waals surface area contributed by atoms with E-state index in [-0.39, 0.29) is 22.0 Å². The fraction of sp³-hybridized carbons (Fsp3) is 0.160. The Bertz CT molecular complexity index is 1480. The van der Waals surface area contributed by atoms with E-state index in [1.54, 1.807) is 18.2 Å². The van der Waals surface area contributed by atoms with Crippen LogP contribution in [0.15, 0.2) is 54.6 Å². The summed E-state index contributed by atoms with van der Waals surface area (Å²) in [5, 5.41) is 14.9. The Kier molecular flexibility index (Phi) is 7.81. The SMILES string of the molecule is N#Cc1cc(C(F)(F)F)ccc1NC(=O)c1cc(NC(=O)[C@@H]2[C@@H](c3cc(Cl)cc(Cl)c3)C2(Cl)Cl)ccc1Cl. The maximum absolute atomic E-state index is 13.0. The summed E-state index contributed by atoms with van der Waals surface area (Å²) in [6, 6.07) is 12.7. The van der Waals surface area contributed by atoms with Crippen LogP contribution < -0.4 is 10.6 Å². The summed E-state index contributed by atoms with van der Waals surface area (Å²) in [5.74, 6) is -2.82. The van der Waals surface area contributed by atoms with Gasteiger partial charge >= 0.3 is 6.18 Å². The molecule has 2 N–H and O–H groups in total. The molecular weight excluding hydrogens is 609 g/mol. The summed E-state index contributed by atoms with van der Waals surface area (Å²) in [7, 11) is 0. The lowest BCUT2D eigenvalue weighted by Gasteiger charge is -2.13. The van der Waals surface area contributed by atoms with Gasteiger partial charge < -0.3 is 10.6 Å². The fourth-order valence-electron chi connectivity index (χ4n) is 3.93. The molecule has 0 aliphatic heterocycles. The second kappa shape index (κ2) is 10.5. The number of anilines is 2. The molecule has 0 bridgehead atoms. The molecule has 2 atom stereocenters. The highest BCUT2D eigenvalue weighted by Crippen LogP contribution is 2.65. The maximum atomic E-state index is 13.0. The molecule has 1 aliphatic carbocycles. The third kappa shape index (κ3) is 5.83. The van der Waals surface area contributed by atoms with Crippen molar-refractivity contribution in [3.8, 4) is 6.07 Å². The van der Waals surface area contributed by atoms with Crippen molar-refractivity contribution in [2.45, 2.75) is 16.4 Å². The van der Waals surface area contributed by atoms with Crippen molar-refractivity contribution in [3.05, 3.63) is 91.9 Å². The molecule has 13 heteroatoms. The number of hydrogen-bond acceptors (Lipinski definition) is 3. The van der Waals surface area contributed by atoms with E-state index < -0.39 is 45.3 Å². The highest BCUT2D eigenvalue weighted by molar-refractivity contribution is 6.53. The first-order chi connectivity index (χ1) is 17.7. The molecule has 0 aromatic heterocycles. The van der Waals surface area contributed by atoms with Crippen LogP contribution in [0.3, 0.4) is 0 Å². The van der Waals surface area contributed by atoms with Crippen LogP contribution >= 0.6 is 58.0 Å². The zero-order valence-corrected chi connectivity index (χ0v) is 22.4. The monoisotopic (exact) mass is 619 g/mol. The van der Waals surface area contributed by atoms with Crippen molar-refractivity contribution in [1.29, 1.82) is 5.26 Å². The normalized spacial score (nSPS) is 17.9. The number of carbonyl (C=O) groups excluding carboxylic acids is 2. The molecule has 38 heavy (non-hydrogen) atoms. The van der Waals surface area contributed by atoms with Crippen molar-refractivity contribution in [2.24, 2.45) is 5.92 Å². The van der Waals surface area contributed by atoms with Gasteiger partial charge in [0.25, 0.3) is 5.91 Å². The van der Waals surface area contributed by atoms with E-state index in [1.807, 2.05) is 0 Å². The minimum absolute atomic E-state index is 0.00665. The average molecular weight is 622 g/mol. The molecule has 0 heterocycles. The largest absolute Gasteiger partial charge is 0.416 e. The van der Waals surface area contributed by atoms with Crippen molar-refractivity contribution in [2.75, 3.05) is 10.6 Å². The van der Waals surface area contributed by atoms with Gasteiger partial charge in [-0.1, -0.05) is 34.8 Å². The molecule has 1 aliphatic rings. The Balaban J connectivity index is 1.53. The van der Waals surface area contributed by atoms with E-state index in [1.165, 1.54) is 24.3 Å². The molecule has 4 rings (SSSR count). The number of nitrogens with one attached hydrogen (secondary N) is 2. The highest BCUT2D eigenvalue weighted by atomic mass is 35.5. The first-order valence-electron chi connectivity index (χ1n) is 10.6. The Hall–Kier alpha value is -2.67. The molecule has 0 radical (unpaired) electrons. The van der Waals surface area contributed by atoms with E-state index >= 15 is 0 Å². The lowest BCUT2D eigenvalue weighted by Crippen LogP contribution is -2.18. The number of nitriles is 1. The van der Waals surface area contributed by atoms with Gasteiger partial charge in [0.15, 0.2) is 0 Å². The van der Waals surface area contributed by atoms with Gasteiger partial charge in [-0.05, 0) is 60.2 Å². The van der Waals surface area contributed by atoms with Gasteiger partial charge in [-0.15, -0.1) is 23.2 Å². The van der Waals surface area contributed by atoms with Gasteiger partial charge in [-0.25, -0.2) is 0 Å². The number of hydrogen-bond donors (Lipinski definition) is 2. The van der Waals surface area contributed by atoms with Gasteiger partial charge in [0.05, 0.1) is 33.3 Å². The second-order valence-corrected chi connectivity index (χ2v) is 11.1. The molecule has 0 spiro atoms. The molecule has 0 unspecified atom stereocenters. The number of amides is 2. The van der Waals surface area contributed by atoms with Gasteiger partial charge in [0, 0.05) is 21.7 Å². The third-order valence-corrected chi connectivity index (χ3v) is 7.48. The molecule has 0 saturated heterocycles. The predicted octanol–water partition coefficient (Wildman–Crippen LogP) is 8.32. The van der Waals surface area contributed by atoms with E-state index in [0.717, 1.165) is 12.1 Å². The zero-order valence-electron chi connectivity index (χ0n) is 18.6. The number of carbonyl (C=O) groups is 2. The van der Waals surface area contributed by atoms with E-state index in [9.17, 15) is 28.0 Å². The number of benzene rings is 3. The predicted molar refractivity (Wildman–Crippen MR) is 141 cm³/mol. The van der Waals surface area contributed by atoms with Crippen molar-refractivity contribution in [3.63, 3.8) is 0 Å². The molecule has 5 nitrogen and oxygen atoms in total. The van der Waals surface area contributed by atoms with Crippen molar-refractivity contribution < 1.29 is 22.8 Å². The molecule has 1 saturated carbocycles. The minimum atomic E-state index is -4.66. The van der Waals surface area contributed by atoms with Crippen LogP contribution in [0.5, 0.6) is 0 Å². The third-order valence-electron chi connectivity index (χ3n) is 5.77. The van der Waals surface area contributed by atoms with E-state index in [2.05, 4.69) is 10.6 Å². The Labute approximate surface area is 239 Å². The Morgan fingerprint density at radius 2 is 1.58 bits per heavy atom. The van der Waals surface area contributed by atoms with E-state index in [0.29, 0.717) is 21.7 Å². The smallest absolute Gasteiger partial charge is 0.326 e. The first kappa shape index (κ1) is 28.3. The Morgan fingerprint density at radius 3 is 2.18 bits per heavy atom. The number of halogens is 8. The second-order valence-electron chi connectivity index (χ2n) is 8.34. The molecule has 196 valence electrons. The summed E-state index contributed by atoms with van der Waals surface area (Å²) in [4.78, 5) is 25.9. The van der Waals surface area contributed by atoms with Gasteiger partial charge in [-0.2, -0.15) is 18.4 Å². The minimum Gasteiger partial charge on any atom is -0.326 e. The van der Waals surface area contributed by atoms with Crippen LogP contribution in [0.25, 0.3) is 0 Å². The van der Waals surface area contributed by atoms with Gasteiger partial charge in [0.1, 0.15) is 10.4 Å². The quantitative estimate of drug-likeness (QED) is 0.281. The topological polar surface area (TPSA) is 82.0 Å². The summed E-state index contributed by atoms with van der Waals surface area (Å²) in [6.45, 7) is 0. The summed E-state index contributed by atoms with van der Waals surface area (Å²) in [5.41, 5.74) is -0.931. The summed E-state index contributed by atoms with van der Waals surface area (Å²) in [6.07, 6.45) is -4.66. The van der Waals surface area contributed by atoms with E-state index in [4.69, 9.17) is 58.0 Å².